The fourth-order valence-electron chi connectivity index (χ4n) is 1.86. The van der Waals surface area contributed by atoms with Crippen LogP contribution in [0.1, 0.15) is 35.9 Å². The van der Waals surface area contributed by atoms with E-state index < -0.39 is 0 Å². The molecule has 2 N–H and O–H groups in total. The van der Waals surface area contributed by atoms with Crippen molar-refractivity contribution in [1.29, 1.82) is 5.26 Å². The number of nitriles is 1. The largest absolute Gasteiger partial charge is 0.395 e. The van der Waals surface area contributed by atoms with Gasteiger partial charge in [-0.25, -0.2) is 0 Å². The van der Waals surface area contributed by atoms with Crippen molar-refractivity contribution in [3.05, 3.63) is 35.4 Å². The summed E-state index contributed by atoms with van der Waals surface area (Å²) in [4.78, 5) is 0. The standard InChI is InChI=1S/C13H16N2O/c14-9-13(15-6-7-16)12-3-1-2-11(8-12)10-4-5-10/h1-3,8,10,13,15-16H,4-7H2. The first kappa shape index (κ1) is 11.1. The van der Waals surface area contributed by atoms with E-state index in [9.17, 15) is 0 Å². The molecule has 1 aliphatic carbocycles. The van der Waals surface area contributed by atoms with Crippen LogP contribution in [0.15, 0.2) is 24.3 Å². The Bertz CT molecular complexity index is 393. The SMILES string of the molecule is N#CC(NCCO)c1cccc(C2CC2)c1. The van der Waals surface area contributed by atoms with Gasteiger partial charge in [0, 0.05) is 6.54 Å². The predicted octanol–water partition coefficient (Wildman–Crippen LogP) is 1.71. The summed E-state index contributed by atoms with van der Waals surface area (Å²) in [5.41, 5.74) is 2.34. The average Bonchev–Trinajstić information content (AvgIpc) is 3.14. The van der Waals surface area contributed by atoms with E-state index in [2.05, 4.69) is 23.5 Å². The van der Waals surface area contributed by atoms with E-state index in [-0.39, 0.29) is 12.6 Å². The molecule has 0 aromatic heterocycles. The maximum Gasteiger partial charge on any atom is 0.121 e. The molecule has 0 bridgehead atoms. The summed E-state index contributed by atoms with van der Waals surface area (Å²) >= 11 is 0. The van der Waals surface area contributed by atoms with Crippen LogP contribution in [0.5, 0.6) is 0 Å². The zero-order valence-corrected chi connectivity index (χ0v) is 9.19. The molecule has 0 radical (unpaired) electrons. The molecule has 0 spiro atoms. The smallest absolute Gasteiger partial charge is 0.121 e. The Balaban J connectivity index is 2.11. The highest BCUT2D eigenvalue weighted by molar-refractivity contribution is 5.33. The number of hydrogen-bond acceptors (Lipinski definition) is 3. The van der Waals surface area contributed by atoms with Crippen LogP contribution in [-0.4, -0.2) is 18.3 Å². The number of benzene rings is 1. The third-order valence-corrected chi connectivity index (χ3v) is 2.88. The van der Waals surface area contributed by atoms with Gasteiger partial charge in [0.2, 0.25) is 0 Å². The van der Waals surface area contributed by atoms with Crippen LogP contribution in [0.25, 0.3) is 0 Å². The molecule has 1 saturated carbocycles. The molecular weight excluding hydrogens is 200 g/mol. The van der Waals surface area contributed by atoms with Crippen molar-refractivity contribution < 1.29 is 5.11 Å². The molecule has 1 aliphatic rings. The fraction of sp³-hybridized carbons (Fsp3) is 0.462. The monoisotopic (exact) mass is 216 g/mol. The Morgan fingerprint density at radius 3 is 2.94 bits per heavy atom. The van der Waals surface area contributed by atoms with Crippen molar-refractivity contribution in [3.63, 3.8) is 0 Å². The highest BCUT2D eigenvalue weighted by Crippen LogP contribution is 2.40. The van der Waals surface area contributed by atoms with Gasteiger partial charge in [0.15, 0.2) is 0 Å². The first-order valence-corrected chi connectivity index (χ1v) is 5.69. The van der Waals surface area contributed by atoms with Gasteiger partial charge >= 0.3 is 0 Å². The molecule has 16 heavy (non-hydrogen) atoms. The Morgan fingerprint density at radius 2 is 2.31 bits per heavy atom. The Labute approximate surface area is 95.7 Å². The van der Waals surface area contributed by atoms with E-state index in [1.807, 2.05) is 12.1 Å². The molecule has 0 aliphatic heterocycles. The van der Waals surface area contributed by atoms with Crippen molar-refractivity contribution in [2.75, 3.05) is 13.2 Å². The zero-order chi connectivity index (χ0) is 11.4. The van der Waals surface area contributed by atoms with Crippen LogP contribution < -0.4 is 5.32 Å². The lowest BCUT2D eigenvalue weighted by Gasteiger charge is -2.11. The molecule has 1 aromatic rings. The summed E-state index contributed by atoms with van der Waals surface area (Å²) < 4.78 is 0. The van der Waals surface area contributed by atoms with Crippen LogP contribution >= 0.6 is 0 Å². The van der Waals surface area contributed by atoms with E-state index in [0.717, 1.165) is 5.56 Å². The summed E-state index contributed by atoms with van der Waals surface area (Å²) in [5.74, 6) is 0.706. The molecule has 1 unspecified atom stereocenters. The third-order valence-electron chi connectivity index (χ3n) is 2.88. The summed E-state index contributed by atoms with van der Waals surface area (Å²) in [6.07, 6.45) is 2.54. The summed E-state index contributed by atoms with van der Waals surface area (Å²) in [6.45, 7) is 0.506. The number of aliphatic hydroxyl groups is 1. The lowest BCUT2D eigenvalue weighted by Crippen LogP contribution is -2.23. The molecule has 84 valence electrons. The molecule has 1 aromatic carbocycles. The third kappa shape index (κ3) is 2.60. The van der Waals surface area contributed by atoms with Crippen LogP contribution in [0.3, 0.4) is 0 Å². The maximum absolute atomic E-state index is 9.06. The van der Waals surface area contributed by atoms with E-state index >= 15 is 0 Å². The van der Waals surface area contributed by atoms with Crippen molar-refractivity contribution in [2.24, 2.45) is 0 Å². The molecule has 3 heteroatoms. The van der Waals surface area contributed by atoms with Gasteiger partial charge in [-0.05, 0) is 29.9 Å². The van der Waals surface area contributed by atoms with Crippen LogP contribution in [0.2, 0.25) is 0 Å². The van der Waals surface area contributed by atoms with Gasteiger partial charge in [0.1, 0.15) is 6.04 Å². The van der Waals surface area contributed by atoms with E-state index in [1.54, 1.807) is 0 Å². The van der Waals surface area contributed by atoms with Gasteiger partial charge in [0.05, 0.1) is 12.7 Å². The quantitative estimate of drug-likeness (QED) is 0.787. The molecule has 0 amide bonds. The topological polar surface area (TPSA) is 56.0 Å². The number of aliphatic hydroxyl groups excluding tert-OH is 1. The predicted molar refractivity (Wildman–Crippen MR) is 61.9 cm³/mol. The highest BCUT2D eigenvalue weighted by Gasteiger charge is 2.24. The van der Waals surface area contributed by atoms with Gasteiger partial charge < -0.3 is 5.11 Å². The number of nitrogens with one attached hydrogen (secondary N) is 1. The summed E-state index contributed by atoms with van der Waals surface area (Å²) in [5, 5.41) is 20.8. The molecule has 0 saturated heterocycles. The van der Waals surface area contributed by atoms with Crippen molar-refractivity contribution >= 4 is 0 Å². The van der Waals surface area contributed by atoms with Gasteiger partial charge in [-0.15, -0.1) is 0 Å². The lowest BCUT2D eigenvalue weighted by atomic mass is 10.0. The second-order valence-electron chi connectivity index (χ2n) is 4.18. The molecular formula is C13H16N2O. The number of hydrogen-bond donors (Lipinski definition) is 2. The molecule has 2 rings (SSSR count). The van der Waals surface area contributed by atoms with Crippen LogP contribution in [0.4, 0.5) is 0 Å². The first-order valence-electron chi connectivity index (χ1n) is 5.69. The highest BCUT2D eigenvalue weighted by atomic mass is 16.3. The molecule has 3 nitrogen and oxygen atoms in total. The second kappa shape index (κ2) is 5.11. The molecule has 0 heterocycles. The van der Waals surface area contributed by atoms with Gasteiger partial charge in [-0.1, -0.05) is 24.3 Å². The van der Waals surface area contributed by atoms with Crippen molar-refractivity contribution in [3.8, 4) is 6.07 Å². The zero-order valence-electron chi connectivity index (χ0n) is 9.19. The van der Waals surface area contributed by atoms with Crippen LogP contribution in [0, 0.1) is 11.3 Å². The normalized spacial score (nSPS) is 16.8. The average molecular weight is 216 g/mol. The second-order valence-corrected chi connectivity index (χ2v) is 4.18. The first-order chi connectivity index (χ1) is 7.85. The Morgan fingerprint density at radius 1 is 1.50 bits per heavy atom. The van der Waals surface area contributed by atoms with E-state index in [0.29, 0.717) is 12.5 Å². The van der Waals surface area contributed by atoms with Gasteiger partial charge in [-0.3, -0.25) is 5.32 Å². The number of nitrogens with zero attached hydrogens (tertiary/aromatic N) is 1. The van der Waals surface area contributed by atoms with Crippen LogP contribution in [-0.2, 0) is 0 Å². The summed E-state index contributed by atoms with van der Waals surface area (Å²) in [6, 6.07) is 10.1. The minimum atomic E-state index is -0.314. The minimum Gasteiger partial charge on any atom is -0.395 e. The van der Waals surface area contributed by atoms with Gasteiger partial charge in [0.25, 0.3) is 0 Å². The molecule has 1 fully saturated rings. The number of rotatable bonds is 5. The van der Waals surface area contributed by atoms with E-state index in [1.165, 1.54) is 18.4 Å². The van der Waals surface area contributed by atoms with Crippen molar-refractivity contribution in [1.82, 2.24) is 5.32 Å². The Hall–Kier alpha value is -1.37. The van der Waals surface area contributed by atoms with Gasteiger partial charge in [-0.2, -0.15) is 5.26 Å². The fourth-order valence-corrected chi connectivity index (χ4v) is 1.86. The van der Waals surface area contributed by atoms with E-state index in [4.69, 9.17) is 10.4 Å². The maximum atomic E-state index is 9.06. The minimum absolute atomic E-state index is 0.0560. The molecule has 1 atom stereocenters. The summed E-state index contributed by atoms with van der Waals surface area (Å²) in [7, 11) is 0. The lowest BCUT2D eigenvalue weighted by molar-refractivity contribution is 0.289. The Kier molecular flexibility index (Phi) is 3.55. The van der Waals surface area contributed by atoms with Crippen molar-refractivity contribution in [2.45, 2.75) is 24.8 Å².